The van der Waals surface area contributed by atoms with E-state index in [2.05, 4.69) is 4.98 Å². The molecule has 1 aliphatic rings. The fourth-order valence-electron chi connectivity index (χ4n) is 4.06. The quantitative estimate of drug-likeness (QED) is 0.212. The van der Waals surface area contributed by atoms with Gasteiger partial charge in [0.15, 0.2) is 16.6 Å². The predicted octanol–water partition coefficient (Wildman–Crippen LogP) is 3.89. The molecule has 1 aliphatic heterocycles. The molecule has 0 radical (unpaired) electrons. The van der Waals surface area contributed by atoms with Gasteiger partial charge in [-0.3, -0.25) is 14.5 Å². The molecule has 1 N–H and O–H groups in total. The van der Waals surface area contributed by atoms with E-state index >= 15 is 0 Å². The molecule has 2 aromatic carbocycles. The number of Topliss-reactive ketones (excluding diaryl/α,β-unsaturated/α-hetero) is 1. The maximum Gasteiger partial charge on any atom is 0.350 e. The van der Waals surface area contributed by atoms with Gasteiger partial charge >= 0.3 is 11.9 Å². The van der Waals surface area contributed by atoms with E-state index < -0.39 is 23.7 Å². The number of aromatic nitrogens is 1. The number of hydrogen-bond acceptors (Lipinski definition) is 10. The molecule has 4 rings (SSSR count). The number of nitrogens with zero attached hydrogens (tertiary/aromatic N) is 2. The number of carbonyl (C=O) groups excluding carboxylic acids is 3. The Hall–Kier alpha value is -4.38. The summed E-state index contributed by atoms with van der Waals surface area (Å²) in [5.74, 6) is -1.56. The predicted molar refractivity (Wildman–Crippen MR) is 136 cm³/mol. The molecule has 11 heteroatoms. The van der Waals surface area contributed by atoms with Gasteiger partial charge in [0.05, 0.1) is 45.7 Å². The number of ether oxygens (including phenoxy) is 4. The maximum absolute atomic E-state index is 13.4. The minimum Gasteiger partial charge on any atom is -0.507 e. The number of aliphatic hydroxyl groups excluding tert-OH is 1. The highest BCUT2D eigenvalue weighted by atomic mass is 32.1. The van der Waals surface area contributed by atoms with Crippen LogP contribution in [0.2, 0.25) is 0 Å². The number of rotatable bonds is 7. The summed E-state index contributed by atoms with van der Waals surface area (Å²) in [5.41, 5.74) is 0.924. The van der Waals surface area contributed by atoms with Crippen molar-refractivity contribution in [1.82, 2.24) is 4.98 Å². The molecule has 0 aliphatic carbocycles. The third-order valence-corrected chi connectivity index (χ3v) is 7.01. The summed E-state index contributed by atoms with van der Waals surface area (Å²) < 4.78 is 20.8. The summed E-state index contributed by atoms with van der Waals surface area (Å²) in [6, 6.07) is 10.3. The van der Waals surface area contributed by atoms with Gasteiger partial charge in [-0.05, 0) is 36.8 Å². The van der Waals surface area contributed by atoms with E-state index in [9.17, 15) is 19.5 Å². The highest BCUT2D eigenvalue weighted by Crippen LogP contribution is 2.45. The molecule has 2 heterocycles. The van der Waals surface area contributed by atoms with Gasteiger partial charge in [-0.1, -0.05) is 29.5 Å². The summed E-state index contributed by atoms with van der Waals surface area (Å²) in [4.78, 5) is 44.7. The molecule has 0 spiro atoms. The summed E-state index contributed by atoms with van der Waals surface area (Å²) in [6.45, 7) is 1.60. The highest BCUT2D eigenvalue weighted by Gasteiger charge is 2.48. The molecular weight excluding hydrogens is 500 g/mol. The first-order chi connectivity index (χ1) is 17.7. The number of anilines is 1. The second kappa shape index (κ2) is 10.3. The number of esters is 1. The summed E-state index contributed by atoms with van der Waals surface area (Å²) in [6.07, 6.45) is 0. The number of hydrogen-bond donors (Lipinski definition) is 1. The number of aliphatic hydroxyl groups is 1. The van der Waals surface area contributed by atoms with Crippen molar-refractivity contribution in [2.24, 2.45) is 0 Å². The largest absolute Gasteiger partial charge is 0.507 e. The Balaban J connectivity index is 1.97. The average Bonchev–Trinajstić information content (AvgIpc) is 3.43. The Morgan fingerprint density at radius 1 is 1.00 bits per heavy atom. The van der Waals surface area contributed by atoms with Crippen LogP contribution in [0.3, 0.4) is 0 Å². The van der Waals surface area contributed by atoms with Crippen molar-refractivity contribution in [3.8, 4) is 17.2 Å². The molecule has 0 unspecified atom stereocenters. The van der Waals surface area contributed by atoms with Crippen LogP contribution in [0.15, 0.2) is 48.0 Å². The Kier molecular flexibility index (Phi) is 7.16. The first-order valence-corrected chi connectivity index (χ1v) is 11.8. The number of methoxy groups -OCH3 is 4. The van der Waals surface area contributed by atoms with Crippen LogP contribution < -0.4 is 19.1 Å². The lowest BCUT2D eigenvalue weighted by atomic mass is 9.95. The lowest BCUT2D eigenvalue weighted by Crippen LogP contribution is -2.29. The van der Waals surface area contributed by atoms with E-state index in [-0.39, 0.29) is 26.9 Å². The first-order valence-electron chi connectivity index (χ1n) is 11.0. The molecule has 1 saturated heterocycles. The SMILES string of the molecule is COC(=O)c1sc(N2C(=O)C(=O)C(=C(O)c3cccc(OC)c3)[C@H]2c2ccc(OC)c(OC)c2)nc1C. The van der Waals surface area contributed by atoms with Crippen LogP contribution in [0.4, 0.5) is 5.13 Å². The number of benzene rings is 2. The number of carbonyl (C=O) groups is 3. The molecular formula is C26H24N2O8S. The second-order valence-corrected chi connectivity index (χ2v) is 8.90. The number of thiazole rings is 1. The maximum atomic E-state index is 13.4. The average molecular weight is 525 g/mol. The molecule has 0 saturated carbocycles. The minimum atomic E-state index is -1.08. The lowest BCUT2D eigenvalue weighted by Gasteiger charge is -2.23. The first kappa shape index (κ1) is 25.7. The number of ketones is 1. The van der Waals surface area contributed by atoms with Gasteiger partial charge in [0.1, 0.15) is 16.4 Å². The van der Waals surface area contributed by atoms with Gasteiger partial charge in [-0.15, -0.1) is 0 Å². The van der Waals surface area contributed by atoms with Crippen molar-refractivity contribution in [3.05, 3.63) is 69.7 Å². The van der Waals surface area contributed by atoms with Gasteiger partial charge in [0, 0.05) is 5.56 Å². The van der Waals surface area contributed by atoms with Gasteiger partial charge in [0.2, 0.25) is 0 Å². The fraction of sp³-hybridized carbons (Fsp3) is 0.231. The molecule has 192 valence electrons. The molecule has 10 nitrogen and oxygen atoms in total. The summed E-state index contributed by atoms with van der Waals surface area (Å²) >= 11 is 0.914. The zero-order chi connectivity index (χ0) is 26.9. The summed E-state index contributed by atoms with van der Waals surface area (Å²) in [5, 5.41) is 11.4. The zero-order valence-electron chi connectivity index (χ0n) is 20.7. The Morgan fingerprint density at radius 2 is 1.73 bits per heavy atom. The number of aryl methyl sites for hydroxylation is 1. The normalized spacial score (nSPS) is 16.6. The molecule has 0 bridgehead atoms. The molecule has 37 heavy (non-hydrogen) atoms. The van der Waals surface area contributed by atoms with Crippen molar-refractivity contribution >= 4 is 39.9 Å². The molecule has 1 atom stereocenters. The van der Waals surface area contributed by atoms with Crippen molar-refractivity contribution < 1.29 is 38.4 Å². The lowest BCUT2D eigenvalue weighted by molar-refractivity contribution is -0.132. The Morgan fingerprint density at radius 3 is 2.38 bits per heavy atom. The Bertz CT molecular complexity index is 1430. The number of amides is 1. The van der Waals surface area contributed by atoms with Crippen molar-refractivity contribution in [1.29, 1.82) is 0 Å². The summed E-state index contributed by atoms with van der Waals surface area (Å²) in [7, 11) is 5.66. The zero-order valence-corrected chi connectivity index (χ0v) is 21.5. The van der Waals surface area contributed by atoms with Crippen molar-refractivity contribution in [2.45, 2.75) is 13.0 Å². The minimum absolute atomic E-state index is 0.101. The van der Waals surface area contributed by atoms with Crippen LogP contribution in [0.25, 0.3) is 5.76 Å². The molecule has 1 amide bonds. The van der Waals surface area contributed by atoms with Gasteiger partial charge < -0.3 is 24.1 Å². The van der Waals surface area contributed by atoms with E-state index in [1.165, 1.54) is 33.3 Å². The smallest absolute Gasteiger partial charge is 0.350 e. The fourth-order valence-corrected chi connectivity index (χ4v) is 5.07. The van der Waals surface area contributed by atoms with Gasteiger partial charge in [-0.2, -0.15) is 0 Å². The van der Waals surface area contributed by atoms with E-state index in [0.29, 0.717) is 28.5 Å². The van der Waals surface area contributed by atoms with E-state index in [1.807, 2.05) is 0 Å². The van der Waals surface area contributed by atoms with Crippen LogP contribution in [-0.2, 0) is 14.3 Å². The van der Waals surface area contributed by atoms with Crippen LogP contribution in [0.5, 0.6) is 17.2 Å². The van der Waals surface area contributed by atoms with Gasteiger partial charge in [0.25, 0.3) is 5.78 Å². The highest BCUT2D eigenvalue weighted by molar-refractivity contribution is 7.17. The third-order valence-electron chi connectivity index (χ3n) is 5.87. The second-order valence-electron chi connectivity index (χ2n) is 7.92. The standard InChI is InChI=1S/C26H24N2O8S/c1-13-23(25(32)36-5)37-26(27-13)28-20(14-9-10-17(34-3)18(12-14)35-4)19(22(30)24(28)31)21(29)15-7-6-8-16(11-15)33-2/h6-12,20,29H,1-5H3/t20-/m1/s1. The Labute approximate surface area is 216 Å². The van der Waals surface area contributed by atoms with Crippen molar-refractivity contribution in [2.75, 3.05) is 33.3 Å². The van der Waals surface area contributed by atoms with Crippen LogP contribution in [0.1, 0.15) is 32.5 Å². The van der Waals surface area contributed by atoms with Crippen LogP contribution >= 0.6 is 11.3 Å². The van der Waals surface area contributed by atoms with E-state index in [0.717, 1.165) is 11.3 Å². The van der Waals surface area contributed by atoms with Crippen LogP contribution in [0, 0.1) is 6.92 Å². The molecule has 1 aromatic heterocycles. The van der Waals surface area contributed by atoms with Crippen LogP contribution in [-0.4, -0.2) is 56.2 Å². The molecule has 1 fully saturated rings. The van der Waals surface area contributed by atoms with E-state index in [4.69, 9.17) is 18.9 Å². The van der Waals surface area contributed by atoms with E-state index in [1.54, 1.807) is 49.4 Å². The third kappa shape index (κ3) is 4.49. The molecule has 3 aromatic rings. The monoisotopic (exact) mass is 524 g/mol. The van der Waals surface area contributed by atoms with Crippen molar-refractivity contribution in [3.63, 3.8) is 0 Å². The topological polar surface area (TPSA) is 124 Å². The van der Waals surface area contributed by atoms with Gasteiger partial charge in [-0.25, -0.2) is 9.78 Å².